The molecule has 1 aliphatic heterocycles. The van der Waals surface area contributed by atoms with E-state index in [0.717, 1.165) is 24.1 Å². The van der Waals surface area contributed by atoms with Crippen molar-refractivity contribution >= 4 is 41.7 Å². The third kappa shape index (κ3) is 7.23. The lowest BCUT2D eigenvalue weighted by Crippen LogP contribution is -2.44. The average molecular weight is 389 g/mol. The molecule has 1 heterocycles. The summed E-state index contributed by atoms with van der Waals surface area (Å²) in [7, 11) is 1.38. The number of ether oxygens (including phenoxy) is 2. The standard InChI is InChI=1S/C17H24N2O4S.ClH/c1-22-15(20)11-24-10-12-3-2-4-14(9-12)19-17(21)16(18)13-5-7-23-8-6-13;/h2-4,9,13,16H,5-8,10-11,18H2,1H3,(H,19,21);1H. The van der Waals surface area contributed by atoms with Crippen LogP contribution in [0.1, 0.15) is 18.4 Å². The van der Waals surface area contributed by atoms with Gasteiger partial charge in [-0.1, -0.05) is 12.1 Å². The maximum Gasteiger partial charge on any atom is 0.315 e. The number of thioether (sulfide) groups is 1. The third-order valence-corrected chi connectivity index (χ3v) is 4.96. The van der Waals surface area contributed by atoms with E-state index in [2.05, 4.69) is 10.1 Å². The molecule has 1 aliphatic rings. The van der Waals surface area contributed by atoms with Crippen molar-refractivity contribution in [3.63, 3.8) is 0 Å². The lowest BCUT2D eigenvalue weighted by Gasteiger charge is -2.26. The zero-order valence-corrected chi connectivity index (χ0v) is 15.9. The first-order chi connectivity index (χ1) is 11.6. The van der Waals surface area contributed by atoms with Crippen molar-refractivity contribution < 1.29 is 19.1 Å². The zero-order valence-electron chi connectivity index (χ0n) is 14.2. The summed E-state index contributed by atoms with van der Waals surface area (Å²) in [6.07, 6.45) is 1.64. The first-order valence-electron chi connectivity index (χ1n) is 7.98. The summed E-state index contributed by atoms with van der Waals surface area (Å²) in [6.45, 7) is 1.33. The molecule has 1 atom stereocenters. The molecule has 0 aliphatic carbocycles. The third-order valence-electron chi connectivity index (χ3n) is 3.99. The maximum absolute atomic E-state index is 12.3. The molecule has 25 heavy (non-hydrogen) atoms. The zero-order chi connectivity index (χ0) is 17.4. The minimum atomic E-state index is -0.522. The second-order valence-corrected chi connectivity index (χ2v) is 6.72. The summed E-state index contributed by atoms with van der Waals surface area (Å²) in [5.41, 5.74) is 7.83. The van der Waals surface area contributed by atoms with Crippen molar-refractivity contribution in [1.82, 2.24) is 0 Å². The van der Waals surface area contributed by atoms with E-state index in [0.29, 0.717) is 24.7 Å². The quantitative estimate of drug-likeness (QED) is 0.696. The lowest BCUT2D eigenvalue weighted by molar-refractivity contribution is -0.137. The Morgan fingerprint density at radius 2 is 2.12 bits per heavy atom. The van der Waals surface area contributed by atoms with E-state index in [1.807, 2.05) is 24.3 Å². The Hall–Kier alpha value is -1.28. The van der Waals surface area contributed by atoms with Gasteiger partial charge in [0.1, 0.15) is 0 Å². The van der Waals surface area contributed by atoms with Crippen LogP contribution in [0.25, 0.3) is 0 Å². The molecule has 0 spiro atoms. The van der Waals surface area contributed by atoms with Gasteiger partial charge in [-0.15, -0.1) is 24.2 Å². The number of hydrogen-bond donors (Lipinski definition) is 2. The molecular formula is C17H25ClN2O4S. The highest BCUT2D eigenvalue weighted by atomic mass is 35.5. The van der Waals surface area contributed by atoms with E-state index >= 15 is 0 Å². The van der Waals surface area contributed by atoms with Crippen LogP contribution in [0.3, 0.4) is 0 Å². The van der Waals surface area contributed by atoms with Gasteiger partial charge in [-0.3, -0.25) is 9.59 Å². The number of carbonyl (C=O) groups is 2. The highest BCUT2D eigenvalue weighted by Crippen LogP contribution is 2.20. The number of nitrogens with one attached hydrogen (secondary N) is 1. The van der Waals surface area contributed by atoms with Gasteiger partial charge in [0, 0.05) is 24.7 Å². The van der Waals surface area contributed by atoms with Gasteiger partial charge in [0.25, 0.3) is 0 Å². The van der Waals surface area contributed by atoms with Crippen molar-refractivity contribution in [2.45, 2.75) is 24.6 Å². The monoisotopic (exact) mass is 388 g/mol. The Kier molecular flexibility index (Phi) is 9.89. The Labute approximate surface area is 158 Å². The summed E-state index contributed by atoms with van der Waals surface area (Å²) in [5, 5.41) is 2.88. The van der Waals surface area contributed by atoms with Gasteiger partial charge in [-0.05, 0) is 36.5 Å². The molecule has 0 saturated carbocycles. The number of amides is 1. The smallest absolute Gasteiger partial charge is 0.315 e. The van der Waals surface area contributed by atoms with Crippen LogP contribution in [0.5, 0.6) is 0 Å². The first kappa shape index (κ1) is 21.8. The van der Waals surface area contributed by atoms with Gasteiger partial charge in [0.2, 0.25) is 5.91 Å². The van der Waals surface area contributed by atoms with Crippen LogP contribution in [-0.4, -0.2) is 44.0 Å². The molecule has 1 saturated heterocycles. The fourth-order valence-corrected chi connectivity index (χ4v) is 3.37. The second-order valence-electron chi connectivity index (χ2n) is 5.73. The number of rotatable bonds is 7. The Morgan fingerprint density at radius 3 is 2.80 bits per heavy atom. The molecule has 0 aromatic heterocycles. The summed E-state index contributed by atoms with van der Waals surface area (Å²) in [5.74, 6) is 0.734. The normalized spacial score (nSPS) is 15.8. The number of hydrogen-bond acceptors (Lipinski definition) is 6. The van der Waals surface area contributed by atoms with Crippen LogP contribution >= 0.6 is 24.2 Å². The Bertz CT molecular complexity index is 567. The number of methoxy groups -OCH3 is 1. The van der Waals surface area contributed by atoms with Crippen LogP contribution in [0, 0.1) is 5.92 Å². The van der Waals surface area contributed by atoms with E-state index in [1.165, 1.54) is 18.9 Å². The van der Waals surface area contributed by atoms with E-state index in [-0.39, 0.29) is 30.2 Å². The van der Waals surface area contributed by atoms with Gasteiger partial charge < -0.3 is 20.5 Å². The van der Waals surface area contributed by atoms with Crippen LogP contribution < -0.4 is 11.1 Å². The molecule has 0 radical (unpaired) electrons. The number of halogens is 1. The topological polar surface area (TPSA) is 90.7 Å². The highest BCUT2D eigenvalue weighted by molar-refractivity contribution is 7.99. The number of carbonyl (C=O) groups excluding carboxylic acids is 2. The van der Waals surface area contributed by atoms with Crippen molar-refractivity contribution in [3.05, 3.63) is 29.8 Å². The SMILES string of the molecule is COC(=O)CSCc1cccc(NC(=O)C(N)C2CCOCC2)c1.Cl. The molecule has 2 rings (SSSR count). The van der Waals surface area contributed by atoms with Crippen molar-refractivity contribution in [2.75, 3.05) is 31.4 Å². The largest absolute Gasteiger partial charge is 0.468 e. The summed E-state index contributed by atoms with van der Waals surface area (Å²) in [4.78, 5) is 23.4. The molecule has 1 fully saturated rings. The average Bonchev–Trinajstić information content (AvgIpc) is 2.62. The van der Waals surface area contributed by atoms with E-state index in [4.69, 9.17) is 10.5 Å². The fraction of sp³-hybridized carbons (Fsp3) is 0.529. The molecule has 8 heteroatoms. The van der Waals surface area contributed by atoms with E-state index in [1.54, 1.807) is 0 Å². The predicted molar refractivity (Wildman–Crippen MR) is 102 cm³/mol. The van der Waals surface area contributed by atoms with Crippen LogP contribution in [0.2, 0.25) is 0 Å². The molecular weight excluding hydrogens is 364 g/mol. The van der Waals surface area contributed by atoms with Crippen LogP contribution in [0.15, 0.2) is 24.3 Å². The van der Waals surface area contributed by atoms with Gasteiger partial charge in [-0.2, -0.15) is 0 Å². The molecule has 140 valence electrons. The minimum Gasteiger partial charge on any atom is -0.468 e. The van der Waals surface area contributed by atoms with E-state index in [9.17, 15) is 9.59 Å². The molecule has 1 unspecified atom stereocenters. The summed E-state index contributed by atoms with van der Waals surface area (Å²) in [6, 6.07) is 7.05. The number of nitrogens with two attached hydrogens (primary N) is 1. The van der Waals surface area contributed by atoms with Gasteiger partial charge in [-0.25, -0.2) is 0 Å². The second kappa shape index (κ2) is 11.4. The Morgan fingerprint density at radius 1 is 1.40 bits per heavy atom. The number of esters is 1. The van der Waals surface area contributed by atoms with Crippen molar-refractivity contribution in [1.29, 1.82) is 0 Å². The molecule has 3 N–H and O–H groups in total. The fourth-order valence-electron chi connectivity index (χ4n) is 2.56. The number of benzene rings is 1. The lowest BCUT2D eigenvalue weighted by atomic mass is 9.92. The van der Waals surface area contributed by atoms with Crippen molar-refractivity contribution in [2.24, 2.45) is 11.7 Å². The maximum atomic E-state index is 12.3. The van der Waals surface area contributed by atoms with Gasteiger partial charge >= 0.3 is 5.97 Å². The summed E-state index contributed by atoms with van der Waals surface area (Å²) < 4.78 is 9.91. The van der Waals surface area contributed by atoms with Gasteiger partial charge in [0.15, 0.2) is 0 Å². The Balaban J connectivity index is 0.00000312. The molecule has 1 aromatic carbocycles. The summed E-state index contributed by atoms with van der Waals surface area (Å²) >= 11 is 1.47. The molecule has 1 aromatic rings. The molecule has 1 amide bonds. The molecule has 0 bridgehead atoms. The van der Waals surface area contributed by atoms with E-state index < -0.39 is 6.04 Å². The van der Waals surface area contributed by atoms with Crippen LogP contribution in [0.4, 0.5) is 5.69 Å². The first-order valence-corrected chi connectivity index (χ1v) is 9.13. The van der Waals surface area contributed by atoms with Crippen LogP contribution in [-0.2, 0) is 24.8 Å². The highest BCUT2D eigenvalue weighted by Gasteiger charge is 2.26. The van der Waals surface area contributed by atoms with Crippen molar-refractivity contribution in [3.8, 4) is 0 Å². The number of anilines is 1. The minimum absolute atomic E-state index is 0. The molecule has 6 nitrogen and oxygen atoms in total. The van der Waals surface area contributed by atoms with Gasteiger partial charge in [0.05, 0.1) is 18.9 Å². The predicted octanol–water partition coefficient (Wildman–Crippen LogP) is 2.21.